The highest BCUT2D eigenvalue weighted by molar-refractivity contribution is 7.86. The second kappa shape index (κ2) is 3.11. The van der Waals surface area contributed by atoms with Crippen molar-refractivity contribution in [3.8, 4) is 0 Å². The van der Waals surface area contributed by atoms with Gasteiger partial charge in [-0.05, 0) is 6.42 Å². The minimum atomic E-state index is -4.11. The maximum absolute atomic E-state index is 10.1. The van der Waals surface area contributed by atoms with E-state index >= 15 is 0 Å². The summed E-state index contributed by atoms with van der Waals surface area (Å²) in [7, 11) is -4.11. The molecule has 9 heavy (non-hydrogen) atoms. The Morgan fingerprint density at radius 2 is 2.22 bits per heavy atom. The molecule has 0 aliphatic carbocycles. The van der Waals surface area contributed by atoms with Gasteiger partial charge in [0.1, 0.15) is 0 Å². The third kappa shape index (κ3) is 2.75. The summed E-state index contributed by atoms with van der Waals surface area (Å²) in [6.07, 6.45) is 0.134. The molecule has 0 radical (unpaired) electrons. The standard InChI is InChI=1S/C3H9NO4S/c1-2-3(8-4)9(5,6)7/h3H,2,4H2,1H3,(H,5,6,7). The van der Waals surface area contributed by atoms with Crippen LogP contribution in [0.2, 0.25) is 0 Å². The Hall–Kier alpha value is -0.170. The van der Waals surface area contributed by atoms with Crippen LogP contribution in [-0.4, -0.2) is 18.4 Å². The van der Waals surface area contributed by atoms with Gasteiger partial charge in [-0.15, -0.1) is 0 Å². The van der Waals surface area contributed by atoms with Crippen LogP contribution in [0, 0.1) is 0 Å². The molecule has 0 aromatic rings. The third-order valence-electron chi connectivity index (χ3n) is 0.817. The van der Waals surface area contributed by atoms with Gasteiger partial charge in [0.2, 0.25) is 5.44 Å². The first-order valence-corrected chi connectivity index (χ1v) is 3.84. The third-order valence-corrected chi connectivity index (χ3v) is 1.93. The first-order valence-electron chi connectivity index (χ1n) is 2.34. The van der Waals surface area contributed by atoms with E-state index in [-0.39, 0.29) is 6.42 Å². The molecule has 0 amide bonds. The second-order valence-corrected chi connectivity index (χ2v) is 3.04. The van der Waals surface area contributed by atoms with E-state index < -0.39 is 15.6 Å². The van der Waals surface area contributed by atoms with Crippen LogP contribution in [-0.2, 0) is 15.0 Å². The van der Waals surface area contributed by atoms with E-state index in [1.807, 2.05) is 0 Å². The Labute approximate surface area is 53.5 Å². The van der Waals surface area contributed by atoms with Crippen LogP contribution < -0.4 is 5.90 Å². The molecule has 0 aliphatic heterocycles. The van der Waals surface area contributed by atoms with Gasteiger partial charge in [-0.2, -0.15) is 8.42 Å². The smallest absolute Gasteiger partial charge is 0.283 e. The average Bonchev–Trinajstić information content (AvgIpc) is 1.65. The molecule has 56 valence electrons. The lowest BCUT2D eigenvalue weighted by atomic mass is 10.5. The van der Waals surface area contributed by atoms with Gasteiger partial charge in [-0.25, -0.2) is 5.90 Å². The zero-order valence-corrected chi connectivity index (χ0v) is 5.76. The molecular formula is C3H9NO4S. The van der Waals surface area contributed by atoms with Crippen LogP contribution in [0.3, 0.4) is 0 Å². The summed E-state index contributed by atoms with van der Waals surface area (Å²) in [6, 6.07) is 0. The van der Waals surface area contributed by atoms with Crippen LogP contribution in [0.1, 0.15) is 13.3 Å². The molecule has 0 saturated heterocycles. The molecule has 0 bridgehead atoms. The van der Waals surface area contributed by atoms with E-state index in [0.29, 0.717) is 0 Å². The Kier molecular flexibility index (Phi) is 3.06. The molecule has 1 atom stereocenters. The fraction of sp³-hybridized carbons (Fsp3) is 1.00. The van der Waals surface area contributed by atoms with Gasteiger partial charge in [0.15, 0.2) is 0 Å². The minimum absolute atomic E-state index is 0.134. The van der Waals surface area contributed by atoms with E-state index in [2.05, 4.69) is 10.7 Å². The Morgan fingerprint density at radius 1 is 1.78 bits per heavy atom. The number of rotatable bonds is 3. The lowest BCUT2D eigenvalue weighted by Gasteiger charge is -2.06. The topological polar surface area (TPSA) is 89.6 Å². The van der Waals surface area contributed by atoms with Crippen LogP contribution in [0.5, 0.6) is 0 Å². The van der Waals surface area contributed by atoms with Crippen molar-refractivity contribution in [3.05, 3.63) is 0 Å². The van der Waals surface area contributed by atoms with Gasteiger partial charge < -0.3 is 0 Å². The van der Waals surface area contributed by atoms with Gasteiger partial charge in [0.05, 0.1) is 0 Å². The molecule has 0 aliphatic rings. The largest absolute Gasteiger partial charge is 0.294 e. The summed E-state index contributed by atoms with van der Waals surface area (Å²) in [6.45, 7) is 1.53. The predicted molar refractivity (Wildman–Crippen MR) is 30.9 cm³/mol. The quantitative estimate of drug-likeness (QED) is 0.423. The lowest BCUT2D eigenvalue weighted by Crippen LogP contribution is -2.25. The van der Waals surface area contributed by atoms with E-state index in [0.717, 1.165) is 0 Å². The van der Waals surface area contributed by atoms with E-state index in [4.69, 9.17) is 4.55 Å². The van der Waals surface area contributed by atoms with E-state index in [9.17, 15) is 8.42 Å². The Balaban J connectivity index is 4.14. The summed E-state index contributed by atoms with van der Waals surface area (Å²) < 4.78 is 28.5. The number of nitrogens with two attached hydrogens (primary N) is 1. The molecule has 3 N–H and O–H groups in total. The van der Waals surface area contributed by atoms with Crippen LogP contribution >= 0.6 is 0 Å². The molecule has 0 aromatic heterocycles. The van der Waals surface area contributed by atoms with Gasteiger partial charge in [-0.1, -0.05) is 6.92 Å². The number of hydrogen-bond donors (Lipinski definition) is 2. The van der Waals surface area contributed by atoms with Crippen molar-refractivity contribution in [2.75, 3.05) is 0 Å². The fourth-order valence-corrected chi connectivity index (χ4v) is 0.939. The van der Waals surface area contributed by atoms with Crippen molar-refractivity contribution >= 4 is 10.1 Å². The highest BCUT2D eigenvalue weighted by Crippen LogP contribution is 2.01. The average molecular weight is 155 g/mol. The molecule has 0 spiro atoms. The molecule has 0 heterocycles. The van der Waals surface area contributed by atoms with E-state index in [1.54, 1.807) is 0 Å². The second-order valence-electron chi connectivity index (χ2n) is 1.49. The lowest BCUT2D eigenvalue weighted by molar-refractivity contribution is 0.0983. The fourth-order valence-electron chi connectivity index (χ4n) is 0.377. The van der Waals surface area contributed by atoms with Crippen molar-refractivity contribution in [1.29, 1.82) is 0 Å². The maximum Gasteiger partial charge on any atom is 0.294 e. The van der Waals surface area contributed by atoms with Gasteiger partial charge >= 0.3 is 0 Å². The minimum Gasteiger partial charge on any atom is -0.283 e. The van der Waals surface area contributed by atoms with Gasteiger partial charge in [0.25, 0.3) is 10.1 Å². The first kappa shape index (κ1) is 8.83. The van der Waals surface area contributed by atoms with Crippen molar-refractivity contribution < 1.29 is 17.8 Å². The summed E-state index contributed by atoms with van der Waals surface area (Å²) in [5.41, 5.74) is -1.29. The SMILES string of the molecule is CCC(ON)S(=O)(=O)O. The molecule has 6 heteroatoms. The maximum atomic E-state index is 10.1. The molecule has 0 saturated carbocycles. The number of hydrogen-bond acceptors (Lipinski definition) is 4. The summed E-state index contributed by atoms with van der Waals surface area (Å²) in [4.78, 5) is 3.93. The van der Waals surface area contributed by atoms with Gasteiger partial charge in [0, 0.05) is 0 Å². The monoisotopic (exact) mass is 155 g/mol. The Morgan fingerprint density at radius 3 is 2.22 bits per heavy atom. The zero-order valence-electron chi connectivity index (χ0n) is 4.94. The molecule has 0 fully saturated rings. The first-order chi connectivity index (χ1) is 4.02. The molecule has 5 nitrogen and oxygen atoms in total. The highest BCUT2D eigenvalue weighted by atomic mass is 32.2. The zero-order chi connectivity index (χ0) is 7.49. The van der Waals surface area contributed by atoms with Crippen molar-refractivity contribution in [1.82, 2.24) is 0 Å². The normalized spacial score (nSPS) is 15.4. The molecule has 0 rings (SSSR count). The highest BCUT2D eigenvalue weighted by Gasteiger charge is 2.19. The van der Waals surface area contributed by atoms with Crippen LogP contribution in [0.25, 0.3) is 0 Å². The van der Waals surface area contributed by atoms with Crippen molar-refractivity contribution in [2.24, 2.45) is 5.90 Å². The van der Waals surface area contributed by atoms with E-state index in [1.165, 1.54) is 6.92 Å². The van der Waals surface area contributed by atoms with Gasteiger partial charge in [-0.3, -0.25) is 9.39 Å². The predicted octanol–water partition coefficient (Wildman–Crippen LogP) is -0.499. The summed E-state index contributed by atoms with van der Waals surface area (Å²) >= 11 is 0. The molecule has 1 unspecified atom stereocenters. The van der Waals surface area contributed by atoms with Crippen molar-refractivity contribution in [3.63, 3.8) is 0 Å². The summed E-state index contributed by atoms with van der Waals surface area (Å²) in [5.74, 6) is 4.53. The van der Waals surface area contributed by atoms with Crippen LogP contribution in [0.4, 0.5) is 0 Å². The van der Waals surface area contributed by atoms with Crippen molar-refractivity contribution in [2.45, 2.75) is 18.8 Å². The molecular weight excluding hydrogens is 146 g/mol. The molecule has 0 aromatic carbocycles. The summed E-state index contributed by atoms with van der Waals surface area (Å²) in [5, 5.41) is 0. The van der Waals surface area contributed by atoms with Crippen LogP contribution in [0.15, 0.2) is 0 Å². The Bertz CT molecular complexity index is 159.